The molecule has 0 aromatic heterocycles. The smallest absolute Gasteiger partial charge is 0.329 e. The number of rotatable bonds is 8. The lowest BCUT2D eigenvalue weighted by atomic mass is 10.2. The first-order valence-corrected chi connectivity index (χ1v) is 4.39. The van der Waals surface area contributed by atoms with Gasteiger partial charge in [0.05, 0.1) is 0 Å². The Labute approximate surface area is 78.6 Å². The SMILES string of the molecule is COCCCCCN/C=C/C(=O)O. The summed E-state index contributed by atoms with van der Waals surface area (Å²) in [5.74, 6) is -0.924. The molecule has 0 saturated heterocycles. The van der Waals surface area contributed by atoms with E-state index >= 15 is 0 Å². The zero-order chi connectivity index (χ0) is 9.94. The van der Waals surface area contributed by atoms with Gasteiger partial charge in [-0.3, -0.25) is 0 Å². The molecule has 0 radical (unpaired) electrons. The van der Waals surface area contributed by atoms with Crippen LogP contribution in [0.25, 0.3) is 0 Å². The summed E-state index contributed by atoms with van der Waals surface area (Å²) in [6, 6.07) is 0. The Morgan fingerprint density at radius 1 is 1.46 bits per heavy atom. The van der Waals surface area contributed by atoms with Gasteiger partial charge in [-0.1, -0.05) is 0 Å². The number of ether oxygens (including phenoxy) is 1. The van der Waals surface area contributed by atoms with Gasteiger partial charge in [0, 0.05) is 32.5 Å². The van der Waals surface area contributed by atoms with E-state index < -0.39 is 5.97 Å². The fourth-order valence-corrected chi connectivity index (χ4v) is 0.864. The van der Waals surface area contributed by atoms with Gasteiger partial charge in [-0.05, 0) is 19.3 Å². The molecule has 0 atom stereocenters. The van der Waals surface area contributed by atoms with E-state index in [9.17, 15) is 4.79 Å². The maximum atomic E-state index is 10.0. The number of nitrogens with one attached hydrogen (secondary N) is 1. The molecule has 4 nitrogen and oxygen atoms in total. The van der Waals surface area contributed by atoms with Gasteiger partial charge in [0.1, 0.15) is 0 Å². The maximum Gasteiger partial charge on any atom is 0.329 e. The molecule has 0 aliphatic carbocycles. The highest BCUT2D eigenvalue weighted by molar-refractivity contribution is 5.79. The zero-order valence-electron chi connectivity index (χ0n) is 7.95. The third-order valence-electron chi connectivity index (χ3n) is 1.51. The monoisotopic (exact) mass is 187 g/mol. The molecule has 0 aromatic rings. The Balaban J connectivity index is 3.03. The lowest BCUT2D eigenvalue weighted by Gasteiger charge is -2.00. The third-order valence-corrected chi connectivity index (χ3v) is 1.51. The summed E-state index contributed by atoms with van der Waals surface area (Å²) in [7, 11) is 1.69. The predicted molar refractivity (Wildman–Crippen MR) is 50.5 cm³/mol. The van der Waals surface area contributed by atoms with Crippen LogP contribution in [-0.2, 0) is 9.53 Å². The highest BCUT2D eigenvalue weighted by atomic mass is 16.5. The van der Waals surface area contributed by atoms with Crippen LogP contribution in [0.2, 0.25) is 0 Å². The molecule has 0 fully saturated rings. The van der Waals surface area contributed by atoms with Gasteiger partial charge in [-0.2, -0.15) is 0 Å². The molecular formula is C9H17NO3. The molecule has 0 bridgehead atoms. The number of methoxy groups -OCH3 is 1. The molecule has 0 heterocycles. The number of unbranched alkanes of at least 4 members (excludes halogenated alkanes) is 2. The van der Waals surface area contributed by atoms with Crippen molar-refractivity contribution in [3.8, 4) is 0 Å². The predicted octanol–water partition coefficient (Wildman–Crippen LogP) is 0.991. The van der Waals surface area contributed by atoms with E-state index in [1.807, 2.05) is 0 Å². The second-order valence-electron chi connectivity index (χ2n) is 2.68. The number of carbonyl (C=O) groups is 1. The molecule has 76 valence electrons. The van der Waals surface area contributed by atoms with Crippen LogP contribution in [-0.4, -0.2) is 31.3 Å². The summed E-state index contributed by atoms with van der Waals surface area (Å²) in [4.78, 5) is 10.0. The van der Waals surface area contributed by atoms with Crippen molar-refractivity contribution < 1.29 is 14.6 Å². The second-order valence-corrected chi connectivity index (χ2v) is 2.68. The van der Waals surface area contributed by atoms with E-state index in [-0.39, 0.29) is 0 Å². The van der Waals surface area contributed by atoms with Crippen molar-refractivity contribution in [3.63, 3.8) is 0 Å². The van der Waals surface area contributed by atoms with E-state index in [4.69, 9.17) is 9.84 Å². The first-order chi connectivity index (χ1) is 6.27. The summed E-state index contributed by atoms with van der Waals surface area (Å²) in [6.45, 7) is 1.61. The van der Waals surface area contributed by atoms with Gasteiger partial charge < -0.3 is 15.2 Å². The Morgan fingerprint density at radius 3 is 2.85 bits per heavy atom. The van der Waals surface area contributed by atoms with Crippen molar-refractivity contribution in [1.82, 2.24) is 5.32 Å². The van der Waals surface area contributed by atoms with Crippen LogP contribution < -0.4 is 5.32 Å². The normalized spacial score (nSPS) is 10.5. The van der Waals surface area contributed by atoms with Crippen molar-refractivity contribution in [2.45, 2.75) is 19.3 Å². The van der Waals surface area contributed by atoms with Crippen LogP contribution in [0.5, 0.6) is 0 Å². The average molecular weight is 187 g/mol. The van der Waals surface area contributed by atoms with Crippen molar-refractivity contribution in [3.05, 3.63) is 12.3 Å². The largest absolute Gasteiger partial charge is 0.478 e. The second kappa shape index (κ2) is 9.06. The van der Waals surface area contributed by atoms with Gasteiger partial charge in [-0.15, -0.1) is 0 Å². The number of hydrogen-bond donors (Lipinski definition) is 2. The highest BCUT2D eigenvalue weighted by Gasteiger charge is 1.87. The standard InChI is InChI=1S/C9H17NO3/c1-13-8-4-2-3-6-10-7-5-9(11)12/h5,7,10H,2-4,6,8H2,1H3,(H,11,12)/b7-5+. The fourth-order valence-electron chi connectivity index (χ4n) is 0.864. The lowest BCUT2D eigenvalue weighted by Crippen LogP contribution is -2.07. The summed E-state index contributed by atoms with van der Waals surface area (Å²) in [6.07, 6.45) is 5.74. The topological polar surface area (TPSA) is 58.6 Å². The van der Waals surface area contributed by atoms with Crippen LogP contribution in [0.3, 0.4) is 0 Å². The molecule has 0 saturated carbocycles. The third kappa shape index (κ3) is 11.0. The van der Waals surface area contributed by atoms with Gasteiger partial charge in [0.2, 0.25) is 0 Å². The molecule has 0 aromatic carbocycles. The van der Waals surface area contributed by atoms with Gasteiger partial charge in [0.25, 0.3) is 0 Å². The van der Waals surface area contributed by atoms with E-state index in [0.717, 1.165) is 38.5 Å². The average Bonchev–Trinajstić information content (AvgIpc) is 2.09. The summed E-state index contributed by atoms with van der Waals surface area (Å²) < 4.78 is 4.89. The molecule has 2 N–H and O–H groups in total. The number of hydrogen-bond acceptors (Lipinski definition) is 3. The molecule has 0 aliphatic rings. The molecule has 0 amide bonds. The highest BCUT2D eigenvalue weighted by Crippen LogP contribution is 1.93. The first kappa shape index (κ1) is 12.0. The van der Waals surface area contributed by atoms with Crippen molar-refractivity contribution >= 4 is 5.97 Å². The summed E-state index contributed by atoms with van der Waals surface area (Å²) >= 11 is 0. The fraction of sp³-hybridized carbons (Fsp3) is 0.667. The Morgan fingerprint density at radius 2 is 2.23 bits per heavy atom. The Bertz CT molecular complexity index is 157. The minimum atomic E-state index is -0.924. The lowest BCUT2D eigenvalue weighted by molar-refractivity contribution is -0.131. The molecule has 0 spiro atoms. The molecule has 13 heavy (non-hydrogen) atoms. The minimum Gasteiger partial charge on any atom is -0.478 e. The van der Waals surface area contributed by atoms with Crippen molar-refractivity contribution in [2.75, 3.05) is 20.3 Å². The van der Waals surface area contributed by atoms with Gasteiger partial charge >= 0.3 is 5.97 Å². The zero-order valence-corrected chi connectivity index (χ0v) is 7.95. The van der Waals surface area contributed by atoms with E-state index in [1.165, 1.54) is 6.20 Å². The van der Waals surface area contributed by atoms with Crippen LogP contribution in [0.15, 0.2) is 12.3 Å². The molecular weight excluding hydrogens is 170 g/mol. The van der Waals surface area contributed by atoms with E-state index in [2.05, 4.69) is 5.32 Å². The number of carboxylic acids is 1. The molecule has 0 unspecified atom stereocenters. The van der Waals surface area contributed by atoms with Gasteiger partial charge in [0.15, 0.2) is 0 Å². The molecule has 0 rings (SSSR count). The summed E-state index contributed by atoms with van der Waals surface area (Å²) in [5.41, 5.74) is 0. The molecule has 0 aliphatic heterocycles. The van der Waals surface area contributed by atoms with Crippen LogP contribution in [0.1, 0.15) is 19.3 Å². The minimum absolute atomic E-state index is 0.797. The maximum absolute atomic E-state index is 10.0. The Hall–Kier alpha value is -1.03. The van der Waals surface area contributed by atoms with Crippen LogP contribution in [0.4, 0.5) is 0 Å². The Kier molecular flexibility index (Phi) is 8.34. The van der Waals surface area contributed by atoms with E-state index in [0.29, 0.717) is 0 Å². The van der Waals surface area contributed by atoms with Gasteiger partial charge in [-0.25, -0.2) is 4.79 Å². The van der Waals surface area contributed by atoms with Crippen molar-refractivity contribution in [1.29, 1.82) is 0 Å². The van der Waals surface area contributed by atoms with Crippen LogP contribution in [0, 0.1) is 0 Å². The van der Waals surface area contributed by atoms with E-state index in [1.54, 1.807) is 7.11 Å². The van der Waals surface area contributed by atoms with Crippen LogP contribution >= 0.6 is 0 Å². The number of carboxylic acid groups (broad SMARTS) is 1. The molecule has 4 heteroatoms. The quantitative estimate of drug-likeness (QED) is 0.439. The van der Waals surface area contributed by atoms with Crippen molar-refractivity contribution in [2.24, 2.45) is 0 Å². The number of aliphatic carboxylic acids is 1. The first-order valence-electron chi connectivity index (χ1n) is 4.39. The summed E-state index contributed by atoms with van der Waals surface area (Å²) in [5, 5.41) is 11.1.